The van der Waals surface area contributed by atoms with Crippen LogP contribution in [-0.2, 0) is 12.0 Å². The smallest absolute Gasteiger partial charge is 0.238 e. The van der Waals surface area contributed by atoms with E-state index in [4.69, 9.17) is 19.8 Å². The fourth-order valence-corrected chi connectivity index (χ4v) is 4.25. The van der Waals surface area contributed by atoms with Crippen molar-refractivity contribution in [1.29, 1.82) is 0 Å². The van der Waals surface area contributed by atoms with E-state index in [1.54, 1.807) is 13.4 Å². The van der Waals surface area contributed by atoms with Crippen molar-refractivity contribution in [1.82, 2.24) is 29.3 Å². The van der Waals surface area contributed by atoms with Gasteiger partial charge in [-0.1, -0.05) is 30.3 Å². The molecule has 0 saturated heterocycles. The Morgan fingerprint density at radius 3 is 2.63 bits per heavy atom. The van der Waals surface area contributed by atoms with Crippen LogP contribution >= 0.6 is 0 Å². The van der Waals surface area contributed by atoms with Crippen LogP contribution in [0.2, 0.25) is 0 Å². The summed E-state index contributed by atoms with van der Waals surface area (Å²) in [6.45, 7) is 5.08. The zero-order chi connectivity index (χ0) is 20.7. The second kappa shape index (κ2) is 7.09. The van der Waals surface area contributed by atoms with Crippen LogP contribution in [0.15, 0.2) is 55.0 Å². The molecule has 7 heteroatoms. The number of pyridine rings is 1. The Balaban J connectivity index is 1.57. The number of ether oxygens (including phenoxy) is 1. The zero-order valence-electron chi connectivity index (χ0n) is 17.4. The Morgan fingerprint density at radius 1 is 1.07 bits per heavy atom. The molecule has 0 aliphatic carbocycles. The molecule has 4 aromatic rings. The van der Waals surface area contributed by atoms with Crippen LogP contribution in [0.4, 0.5) is 0 Å². The number of rotatable bonds is 4. The molecular weight excluding hydrogens is 376 g/mol. The van der Waals surface area contributed by atoms with E-state index in [0.29, 0.717) is 17.4 Å². The fraction of sp³-hybridized carbons (Fsp3) is 0.304. The van der Waals surface area contributed by atoms with Crippen molar-refractivity contribution >= 4 is 0 Å². The highest BCUT2D eigenvalue weighted by atomic mass is 16.5. The molecule has 0 radical (unpaired) electrons. The third-order valence-electron chi connectivity index (χ3n) is 5.88. The summed E-state index contributed by atoms with van der Waals surface area (Å²) in [5.74, 6) is 2.13. The maximum Gasteiger partial charge on any atom is 0.238 e. The van der Waals surface area contributed by atoms with Crippen LogP contribution in [0.25, 0.3) is 17.2 Å². The highest BCUT2D eigenvalue weighted by molar-refractivity contribution is 5.56. The van der Waals surface area contributed by atoms with Crippen LogP contribution in [0.3, 0.4) is 0 Å². The molecule has 0 unspecified atom stereocenters. The first kappa shape index (κ1) is 18.5. The molecular formula is C23H24N6O. The number of imidazole rings is 1. The van der Waals surface area contributed by atoms with E-state index in [1.807, 2.05) is 40.6 Å². The lowest BCUT2D eigenvalue weighted by Crippen LogP contribution is -2.32. The predicted octanol–water partition coefficient (Wildman–Crippen LogP) is 3.94. The first-order valence-corrected chi connectivity index (χ1v) is 10.2. The molecule has 3 aromatic heterocycles. The van der Waals surface area contributed by atoms with Gasteiger partial charge >= 0.3 is 0 Å². The highest BCUT2D eigenvalue weighted by Crippen LogP contribution is 2.39. The Bertz CT molecular complexity index is 1200. The number of aromatic nitrogens is 6. The monoisotopic (exact) mass is 400 g/mol. The number of nitrogens with zero attached hydrogens (tertiary/aromatic N) is 6. The summed E-state index contributed by atoms with van der Waals surface area (Å²) in [4.78, 5) is 13.9. The first-order valence-electron chi connectivity index (χ1n) is 10.2. The van der Waals surface area contributed by atoms with Crippen molar-refractivity contribution in [2.24, 2.45) is 0 Å². The number of benzene rings is 1. The largest absolute Gasteiger partial charge is 0.479 e. The minimum Gasteiger partial charge on any atom is -0.479 e. The van der Waals surface area contributed by atoms with E-state index in [0.717, 1.165) is 36.6 Å². The molecule has 30 heavy (non-hydrogen) atoms. The molecule has 4 heterocycles. The number of aryl methyl sites for hydroxylation is 2. The fourth-order valence-electron chi connectivity index (χ4n) is 4.25. The van der Waals surface area contributed by atoms with Crippen LogP contribution in [0, 0.1) is 6.92 Å². The lowest BCUT2D eigenvalue weighted by Gasteiger charge is -2.33. The van der Waals surface area contributed by atoms with Gasteiger partial charge in [0.05, 0.1) is 24.5 Å². The van der Waals surface area contributed by atoms with Crippen molar-refractivity contribution in [3.05, 3.63) is 72.1 Å². The van der Waals surface area contributed by atoms with Gasteiger partial charge in [0.2, 0.25) is 5.88 Å². The van der Waals surface area contributed by atoms with Gasteiger partial charge in [-0.05, 0) is 44.4 Å². The van der Waals surface area contributed by atoms with E-state index in [2.05, 4.69) is 36.2 Å². The van der Waals surface area contributed by atoms with Gasteiger partial charge in [-0.3, -0.25) is 0 Å². The van der Waals surface area contributed by atoms with E-state index in [9.17, 15) is 0 Å². The predicted molar refractivity (Wildman–Crippen MR) is 114 cm³/mol. The molecule has 0 N–H and O–H groups in total. The van der Waals surface area contributed by atoms with E-state index in [1.165, 1.54) is 5.56 Å². The van der Waals surface area contributed by atoms with Crippen molar-refractivity contribution in [2.45, 2.75) is 38.6 Å². The Hall–Kier alpha value is -3.48. The zero-order valence-corrected chi connectivity index (χ0v) is 17.4. The van der Waals surface area contributed by atoms with Gasteiger partial charge in [-0.2, -0.15) is 0 Å². The lowest BCUT2D eigenvalue weighted by atomic mass is 9.76. The number of hydrogen-bond acceptors (Lipinski definition) is 5. The van der Waals surface area contributed by atoms with Crippen LogP contribution < -0.4 is 4.74 Å². The Kier molecular flexibility index (Phi) is 4.38. The van der Waals surface area contributed by atoms with Crippen molar-refractivity contribution in [3.63, 3.8) is 0 Å². The molecule has 152 valence electrons. The molecule has 0 fully saturated rings. The van der Waals surface area contributed by atoms with Gasteiger partial charge in [-0.25, -0.2) is 19.6 Å². The Morgan fingerprint density at radius 2 is 1.90 bits per heavy atom. The van der Waals surface area contributed by atoms with Gasteiger partial charge in [0.25, 0.3) is 0 Å². The summed E-state index contributed by atoms with van der Waals surface area (Å²) >= 11 is 0. The molecule has 0 saturated carbocycles. The van der Waals surface area contributed by atoms with Gasteiger partial charge in [-0.15, -0.1) is 5.10 Å². The van der Waals surface area contributed by atoms with E-state index < -0.39 is 0 Å². The van der Waals surface area contributed by atoms with Crippen molar-refractivity contribution < 1.29 is 4.74 Å². The lowest BCUT2D eigenvalue weighted by molar-refractivity contribution is 0.357. The molecule has 1 atom stereocenters. The summed E-state index contributed by atoms with van der Waals surface area (Å²) in [7, 11) is 1.62. The molecule has 1 aliphatic rings. The number of fused-ring (bicyclic) bond motifs is 1. The van der Waals surface area contributed by atoms with E-state index >= 15 is 0 Å². The molecule has 1 aromatic carbocycles. The summed E-state index contributed by atoms with van der Waals surface area (Å²) in [5, 5.41) is 4.79. The van der Waals surface area contributed by atoms with Crippen LogP contribution in [0.5, 0.6) is 5.88 Å². The van der Waals surface area contributed by atoms with Gasteiger partial charge < -0.3 is 9.30 Å². The molecule has 0 amide bonds. The number of hydrogen-bond donors (Lipinski definition) is 0. The molecule has 0 spiro atoms. The van der Waals surface area contributed by atoms with Gasteiger partial charge in [0.15, 0.2) is 5.82 Å². The summed E-state index contributed by atoms with van der Waals surface area (Å²) < 4.78 is 9.50. The highest BCUT2D eigenvalue weighted by Gasteiger charge is 2.37. The third-order valence-corrected chi connectivity index (χ3v) is 5.88. The SMILES string of the molecule is COc1nc(-c2nc3n(n2)CCC[C@]3(C)c2ccccc2)ccc1-n1cnc(C)c1. The van der Waals surface area contributed by atoms with Crippen molar-refractivity contribution in [3.8, 4) is 23.1 Å². The van der Waals surface area contributed by atoms with Crippen LogP contribution in [-0.4, -0.2) is 36.4 Å². The maximum absolute atomic E-state index is 5.56. The third kappa shape index (κ3) is 2.98. The molecule has 5 rings (SSSR count). The summed E-state index contributed by atoms with van der Waals surface area (Å²) in [6, 6.07) is 14.5. The average molecular weight is 400 g/mol. The van der Waals surface area contributed by atoms with Gasteiger partial charge in [0.1, 0.15) is 17.2 Å². The van der Waals surface area contributed by atoms with Crippen LogP contribution in [0.1, 0.15) is 36.8 Å². The van der Waals surface area contributed by atoms with Gasteiger partial charge in [0, 0.05) is 12.7 Å². The minimum absolute atomic E-state index is 0.164. The second-order valence-electron chi connectivity index (χ2n) is 7.93. The quantitative estimate of drug-likeness (QED) is 0.519. The molecule has 1 aliphatic heterocycles. The summed E-state index contributed by atoms with van der Waals surface area (Å²) in [5.41, 5.74) is 3.57. The molecule has 0 bridgehead atoms. The normalized spacial score (nSPS) is 18.2. The Labute approximate surface area is 175 Å². The standard InChI is InChI=1S/C23H24N6O/c1-16-14-28(15-24-16)19-11-10-18(25-21(19)30-3)20-26-22-23(2,12-7-13-29(22)27-20)17-8-5-4-6-9-17/h4-6,8-11,14-15H,7,12-13H2,1-3H3/t23-/m1/s1. The maximum atomic E-state index is 5.56. The van der Waals surface area contributed by atoms with E-state index in [-0.39, 0.29) is 5.41 Å². The average Bonchev–Trinajstić information content (AvgIpc) is 3.41. The minimum atomic E-state index is -0.164. The van der Waals surface area contributed by atoms with Crippen molar-refractivity contribution in [2.75, 3.05) is 7.11 Å². The first-order chi connectivity index (χ1) is 14.6. The second-order valence-corrected chi connectivity index (χ2v) is 7.93. The molecule has 7 nitrogen and oxygen atoms in total. The number of methoxy groups -OCH3 is 1. The topological polar surface area (TPSA) is 70.7 Å². The summed E-state index contributed by atoms with van der Waals surface area (Å²) in [6.07, 6.45) is 5.81.